The Morgan fingerprint density at radius 3 is 2.67 bits per heavy atom. The van der Waals surface area contributed by atoms with Gasteiger partial charge in [0.15, 0.2) is 5.82 Å². The summed E-state index contributed by atoms with van der Waals surface area (Å²) in [6.07, 6.45) is 10.0. The molecule has 1 amide bonds. The van der Waals surface area contributed by atoms with Crippen molar-refractivity contribution in [3.05, 3.63) is 18.3 Å². The van der Waals surface area contributed by atoms with E-state index in [-0.39, 0.29) is 11.3 Å². The lowest BCUT2D eigenvalue weighted by Crippen LogP contribution is -2.53. The van der Waals surface area contributed by atoms with Crippen molar-refractivity contribution >= 4 is 33.3 Å². The highest BCUT2D eigenvalue weighted by molar-refractivity contribution is 9.10. The van der Waals surface area contributed by atoms with Gasteiger partial charge in [-0.15, -0.1) is 0 Å². The second-order valence-corrected chi connectivity index (χ2v) is 10.3. The molecule has 4 bridgehead atoms. The van der Waals surface area contributed by atoms with E-state index in [4.69, 9.17) is 0 Å². The number of hydrogen-bond acceptors (Lipinski definition) is 3. The van der Waals surface area contributed by atoms with E-state index in [1.54, 1.807) is 6.20 Å². The summed E-state index contributed by atoms with van der Waals surface area (Å²) in [6, 6.07) is 3.81. The molecule has 4 nitrogen and oxygen atoms in total. The Balaban J connectivity index is 1.49. The highest BCUT2D eigenvalue weighted by Crippen LogP contribution is 2.65. The maximum absolute atomic E-state index is 12.8. The van der Waals surface area contributed by atoms with Crippen molar-refractivity contribution in [2.75, 3.05) is 24.3 Å². The average Bonchev–Trinajstić information content (AvgIpc) is 2.43. The predicted octanol–water partition coefficient (Wildman–Crippen LogP) is 4.21. The number of pyridine rings is 1. The van der Waals surface area contributed by atoms with E-state index in [0.29, 0.717) is 10.7 Å². The van der Waals surface area contributed by atoms with Crippen LogP contribution in [0.2, 0.25) is 0 Å². The van der Waals surface area contributed by atoms with Crippen molar-refractivity contribution < 1.29 is 4.79 Å². The number of alkyl halides is 1. The second kappa shape index (κ2) is 5.72. The first kappa shape index (κ1) is 16.4. The summed E-state index contributed by atoms with van der Waals surface area (Å²) in [5.74, 6) is 2.58. The number of carbonyl (C=O) groups excluding carboxylic acids is 1. The van der Waals surface area contributed by atoms with Gasteiger partial charge in [-0.3, -0.25) is 4.79 Å². The van der Waals surface area contributed by atoms with E-state index < -0.39 is 0 Å². The maximum atomic E-state index is 12.8. The monoisotopic (exact) mass is 391 g/mol. The fourth-order valence-corrected chi connectivity index (χ4v) is 7.44. The molecule has 5 heteroatoms. The summed E-state index contributed by atoms with van der Waals surface area (Å²) >= 11 is 4.03. The molecule has 0 radical (unpaired) electrons. The molecule has 4 aliphatic rings. The Morgan fingerprint density at radius 1 is 1.33 bits per heavy atom. The van der Waals surface area contributed by atoms with E-state index in [9.17, 15) is 4.79 Å². The van der Waals surface area contributed by atoms with E-state index in [1.807, 2.05) is 31.1 Å². The van der Waals surface area contributed by atoms with Gasteiger partial charge in [0.25, 0.3) is 0 Å². The number of aromatic nitrogens is 1. The molecule has 4 fully saturated rings. The molecule has 0 aromatic carbocycles. The molecule has 1 aromatic rings. The Kier molecular flexibility index (Phi) is 3.90. The Labute approximate surface area is 152 Å². The number of nitrogens with zero attached hydrogens (tertiary/aromatic N) is 2. The second-order valence-electron chi connectivity index (χ2n) is 8.61. The molecule has 24 heavy (non-hydrogen) atoms. The van der Waals surface area contributed by atoms with Crippen molar-refractivity contribution in [3.63, 3.8) is 0 Å². The lowest BCUT2D eigenvalue weighted by Gasteiger charge is -2.60. The third kappa shape index (κ3) is 2.96. The highest BCUT2D eigenvalue weighted by atomic mass is 79.9. The quantitative estimate of drug-likeness (QED) is 0.781. The Morgan fingerprint density at radius 2 is 2.04 bits per heavy atom. The van der Waals surface area contributed by atoms with Crippen LogP contribution in [0.5, 0.6) is 0 Å². The number of nitrogens with one attached hydrogen (secondary N) is 1. The number of anilines is 2. The number of rotatable bonds is 4. The van der Waals surface area contributed by atoms with E-state index in [1.165, 1.54) is 32.1 Å². The zero-order chi connectivity index (χ0) is 16.9. The lowest BCUT2D eigenvalue weighted by atomic mass is 9.48. The van der Waals surface area contributed by atoms with Gasteiger partial charge in [-0.05, 0) is 67.9 Å². The predicted molar refractivity (Wildman–Crippen MR) is 101 cm³/mol. The van der Waals surface area contributed by atoms with Crippen LogP contribution >= 0.6 is 15.9 Å². The molecule has 130 valence electrons. The fourth-order valence-electron chi connectivity index (χ4n) is 5.93. The van der Waals surface area contributed by atoms with Gasteiger partial charge >= 0.3 is 0 Å². The molecule has 0 aliphatic heterocycles. The summed E-state index contributed by atoms with van der Waals surface area (Å²) in [6.45, 7) is 0. The van der Waals surface area contributed by atoms with Crippen molar-refractivity contribution in [2.45, 2.75) is 49.3 Å². The minimum atomic E-state index is 0.143. The molecule has 0 spiro atoms. The van der Waals surface area contributed by atoms with Gasteiger partial charge in [0.1, 0.15) is 0 Å². The van der Waals surface area contributed by atoms with Crippen molar-refractivity contribution in [1.29, 1.82) is 0 Å². The number of amides is 1. The normalized spacial score (nSPS) is 36.6. The van der Waals surface area contributed by atoms with Gasteiger partial charge in [-0.1, -0.05) is 15.9 Å². The zero-order valence-electron chi connectivity index (χ0n) is 14.5. The molecule has 4 saturated carbocycles. The summed E-state index contributed by atoms with van der Waals surface area (Å²) in [7, 11) is 3.90. The van der Waals surface area contributed by atoms with Crippen LogP contribution in [0.1, 0.15) is 44.9 Å². The Bertz CT molecular complexity index is 646. The van der Waals surface area contributed by atoms with Crippen LogP contribution < -0.4 is 10.2 Å². The molecular formula is C19H26BrN3O. The zero-order valence-corrected chi connectivity index (χ0v) is 16.1. The summed E-state index contributed by atoms with van der Waals surface area (Å²) in [4.78, 5) is 19.1. The summed E-state index contributed by atoms with van der Waals surface area (Å²) in [5.41, 5.74) is 1.02. The molecule has 4 aliphatic carbocycles. The van der Waals surface area contributed by atoms with E-state index in [2.05, 4.69) is 26.2 Å². The molecule has 0 unspecified atom stereocenters. The van der Waals surface area contributed by atoms with Gasteiger partial charge in [-0.25, -0.2) is 4.98 Å². The molecule has 2 atom stereocenters. The van der Waals surface area contributed by atoms with Crippen molar-refractivity contribution in [2.24, 2.45) is 17.3 Å². The minimum absolute atomic E-state index is 0.143. The first-order valence-corrected chi connectivity index (χ1v) is 9.77. The van der Waals surface area contributed by atoms with E-state index in [0.717, 1.165) is 29.8 Å². The van der Waals surface area contributed by atoms with Crippen LogP contribution in [0.4, 0.5) is 11.5 Å². The van der Waals surface area contributed by atoms with Gasteiger partial charge < -0.3 is 10.2 Å². The molecule has 1 aromatic heterocycles. The van der Waals surface area contributed by atoms with Gasteiger partial charge in [0, 0.05) is 31.0 Å². The largest absolute Gasteiger partial charge is 0.361 e. The molecular weight excluding hydrogens is 366 g/mol. The topological polar surface area (TPSA) is 45.2 Å². The van der Waals surface area contributed by atoms with Crippen LogP contribution in [0.25, 0.3) is 0 Å². The third-order valence-electron chi connectivity index (χ3n) is 6.13. The molecule has 0 saturated heterocycles. The first-order valence-electron chi connectivity index (χ1n) is 8.98. The SMILES string of the molecule is CN(C)c1ncccc1NC(=O)CC12C[C@H]3C[C@@H](CC(Br)(C3)C1)C2. The van der Waals surface area contributed by atoms with Gasteiger partial charge in [-0.2, -0.15) is 0 Å². The number of carbonyl (C=O) groups is 1. The highest BCUT2D eigenvalue weighted by Gasteiger charge is 2.57. The van der Waals surface area contributed by atoms with Crippen molar-refractivity contribution in [1.82, 2.24) is 4.98 Å². The van der Waals surface area contributed by atoms with Crippen LogP contribution in [0, 0.1) is 17.3 Å². The number of hydrogen-bond donors (Lipinski definition) is 1. The van der Waals surface area contributed by atoms with Crippen LogP contribution in [-0.4, -0.2) is 29.3 Å². The van der Waals surface area contributed by atoms with E-state index >= 15 is 0 Å². The lowest BCUT2D eigenvalue weighted by molar-refractivity contribution is -0.123. The first-order chi connectivity index (χ1) is 11.4. The summed E-state index contributed by atoms with van der Waals surface area (Å²) in [5, 5.41) is 3.12. The average molecular weight is 392 g/mol. The smallest absolute Gasteiger partial charge is 0.225 e. The standard InChI is InChI=1S/C19H26BrN3O/c1-23(2)17-15(4-3-5-21-17)22-16(24)11-18-7-13-6-14(8-18)10-19(20,9-13)12-18/h3-5,13-14H,6-12H2,1-2H3,(H,22,24)/t13-,14-,18?,19?/m1/s1. The van der Waals surface area contributed by atoms with Crippen molar-refractivity contribution in [3.8, 4) is 0 Å². The van der Waals surface area contributed by atoms with Gasteiger partial charge in [0.05, 0.1) is 5.69 Å². The summed E-state index contributed by atoms with van der Waals surface area (Å²) < 4.78 is 0.306. The van der Waals surface area contributed by atoms with Crippen LogP contribution in [0.15, 0.2) is 18.3 Å². The van der Waals surface area contributed by atoms with Crippen LogP contribution in [0.3, 0.4) is 0 Å². The minimum Gasteiger partial charge on any atom is -0.361 e. The Hall–Kier alpha value is -1.10. The fraction of sp³-hybridized carbons (Fsp3) is 0.684. The molecule has 1 N–H and O–H groups in total. The van der Waals surface area contributed by atoms with Gasteiger partial charge in [0.2, 0.25) is 5.91 Å². The van der Waals surface area contributed by atoms with Crippen LogP contribution in [-0.2, 0) is 4.79 Å². The number of halogens is 1. The maximum Gasteiger partial charge on any atom is 0.225 e. The molecule has 1 heterocycles. The molecule has 5 rings (SSSR count). The third-order valence-corrected chi connectivity index (χ3v) is 7.06.